The van der Waals surface area contributed by atoms with Crippen molar-refractivity contribution in [2.45, 2.75) is 24.7 Å². The number of Topliss-reactive ketones (excluding diaryl/α,β-unsaturated/α-hetero) is 1. The number of amides is 1. The van der Waals surface area contributed by atoms with Gasteiger partial charge in [-0.15, -0.1) is 0 Å². The molecule has 4 rings (SSSR count). The van der Waals surface area contributed by atoms with Gasteiger partial charge in [0.05, 0.1) is 4.90 Å². The molecular formula is C21H27N3O8S. The summed E-state index contributed by atoms with van der Waals surface area (Å²) in [6.45, 7) is 2.86. The van der Waals surface area contributed by atoms with Crippen LogP contribution in [-0.4, -0.2) is 80.2 Å². The number of ketones is 1. The second-order valence-electron chi connectivity index (χ2n) is 8.73. The van der Waals surface area contributed by atoms with Crippen molar-refractivity contribution in [3.8, 4) is 11.5 Å². The molecular weight excluding hydrogens is 454 g/mol. The Labute approximate surface area is 191 Å². The van der Waals surface area contributed by atoms with Crippen LogP contribution in [0.15, 0.2) is 23.1 Å². The first kappa shape index (κ1) is 23.4. The van der Waals surface area contributed by atoms with Gasteiger partial charge in [-0.2, -0.15) is 4.31 Å². The van der Waals surface area contributed by atoms with Crippen LogP contribution in [-0.2, 0) is 19.6 Å². The van der Waals surface area contributed by atoms with E-state index in [2.05, 4.69) is 0 Å². The van der Waals surface area contributed by atoms with Gasteiger partial charge in [-0.1, -0.05) is 6.92 Å². The Morgan fingerprint density at radius 1 is 1.15 bits per heavy atom. The highest BCUT2D eigenvalue weighted by Crippen LogP contribution is 2.37. The number of hydrogen-bond acceptors (Lipinski definition) is 8. The summed E-state index contributed by atoms with van der Waals surface area (Å²) in [5.41, 5.74) is 0. The van der Waals surface area contributed by atoms with Crippen LogP contribution in [0, 0.1) is 27.9 Å². The van der Waals surface area contributed by atoms with E-state index in [-0.39, 0.29) is 68.1 Å². The molecule has 0 N–H and O–H groups in total. The van der Waals surface area contributed by atoms with E-state index in [9.17, 15) is 28.1 Å². The number of piperazine rings is 1. The maximum atomic E-state index is 13.1. The Morgan fingerprint density at radius 3 is 2.48 bits per heavy atom. The number of nitro groups is 1. The summed E-state index contributed by atoms with van der Waals surface area (Å²) < 4.78 is 38.4. The highest BCUT2D eigenvalue weighted by molar-refractivity contribution is 7.89. The first-order valence-electron chi connectivity index (χ1n) is 11.0. The molecule has 2 aliphatic heterocycles. The molecule has 180 valence electrons. The number of carbonyl (C=O) groups excluding carboxylic acids is 2. The molecule has 2 fully saturated rings. The zero-order chi connectivity index (χ0) is 23.8. The van der Waals surface area contributed by atoms with E-state index in [1.165, 1.54) is 21.3 Å². The molecule has 0 radical (unpaired) electrons. The summed E-state index contributed by atoms with van der Waals surface area (Å²) in [5.74, 6) is -0.730. The summed E-state index contributed by atoms with van der Waals surface area (Å²) in [7, 11) is -3.77. The molecule has 3 atom stereocenters. The van der Waals surface area contributed by atoms with Crippen LogP contribution in [0.25, 0.3) is 0 Å². The van der Waals surface area contributed by atoms with Gasteiger partial charge in [0.2, 0.25) is 22.5 Å². The molecule has 3 aliphatic rings. The number of sulfonamides is 1. The Morgan fingerprint density at radius 2 is 1.82 bits per heavy atom. The average Bonchev–Trinajstić information content (AvgIpc) is 3.05. The zero-order valence-electron chi connectivity index (χ0n) is 18.3. The number of fused-ring (bicyclic) bond motifs is 1. The van der Waals surface area contributed by atoms with E-state index in [4.69, 9.17) is 9.47 Å². The molecule has 33 heavy (non-hydrogen) atoms. The summed E-state index contributed by atoms with van der Waals surface area (Å²) in [6, 6.07) is 4.49. The normalized spacial score (nSPS) is 25.8. The lowest BCUT2D eigenvalue weighted by atomic mass is 9.87. The third-order valence-electron chi connectivity index (χ3n) is 6.68. The average molecular weight is 482 g/mol. The molecule has 0 spiro atoms. The molecule has 1 saturated heterocycles. The molecule has 1 aromatic rings. The predicted octanol–water partition coefficient (Wildman–Crippen LogP) is 0.799. The van der Waals surface area contributed by atoms with Crippen molar-refractivity contribution in [1.29, 1.82) is 0 Å². The van der Waals surface area contributed by atoms with Crippen molar-refractivity contribution in [2.24, 2.45) is 17.8 Å². The highest BCUT2D eigenvalue weighted by atomic mass is 32.2. The van der Waals surface area contributed by atoms with Crippen LogP contribution in [0.1, 0.15) is 19.8 Å². The minimum Gasteiger partial charge on any atom is -0.486 e. The van der Waals surface area contributed by atoms with E-state index >= 15 is 0 Å². The van der Waals surface area contributed by atoms with Crippen LogP contribution in [0.4, 0.5) is 0 Å². The minimum atomic E-state index is -3.77. The van der Waals surface area contributed by atoms with Gasteiger partial charge < -0.3 is 14.4 Å². The van der Waals surface area contributed by atoms with Gasteiger partial charge in [0.25, 0.3) is 0 Å². The predicted molar refractivity (Wildman–Crippen MR) is 115 cm³/mol. The quantitative estimate of drug-likeness (QED) is 0.430. The van der Waals surface area contributed by atoms with Crippen LogP contribution in [0.5, 0.6) is 11.5 Å². The highest BCUT2D eigenvalue weighted by Gasteiger charge is 2.44. The van der Waals surface area contributed by atoms with E-state index in [0.29, 0.717) is 24.7 Å². The van der Waals surface area contributed by atoms with Crippen molar-refractivity contribution in [1.82, 2.24) is 9.21 Å². The van der Waals surface area contributed by atoms with E-state index in [0.717, 1.165) is 0 Å². The lowest BCUT2D eigenvalue weighted by Gasteiger charge is -2.34. The SMILES string of the molecule is C[C@@H]1CC(=O)[C@@H](CC(=O)N2CCN(S(=O)(=O)c3ccc4c(c3)OCCO4)CC2)[C@H]1C[N+](=O)[O-]. The van der Waals surface area contributed by atoms with E-state index in [1.807, 2.05) is 0 Å². The molecule has 12 heteroatoms. The summed E-state index contributed by atoms with van der Waals surface area (Å²) in [6.07, 6.45) is 0.175. The molecule has 2 heterocycles. The smallest absolute Gasteiger partial charge is 0.243 e. The second-order valence-corrected chi connectivity index (χ2v) is 10.7. The number of benzene rings is 1. The zero-order valence-corrected chi connectivity index (χ0v) is 19.2. The number of rotatable bonds is 6. The van der Waals surface area contributed by atoms with Gasteiger partial charge in [0.1, 0.15) is 19.0 Å². The van der Waals surface area contributed by atoms with E-state index < -0.39 is 26.8 Å². The third kappa shape index (κ3) is 4.81. The van der Waals surface area contributed by atoms with Gasteiger partial charge in [-0.25, -0.2) is 8.42 Å². The Hall–Kier alpha value is -2.73. The Kier molecular flexibility index (Phi) is 6.57. The summed E-state index contributed by atoms with van der Waals surface area (Å²) in [5, 5.41) is 11.0. The van der Waals surface area contributed by atoms with Crippen LogP contribution < -0.4 is 9.47 Å². The lowest BCUT2D eigenvalue weighted by Crippen LogP contribution is -2.51. The summed E-state index contributed by atoms with van der Waals surface area (Å²) >= 11 is 0. The maximum absolute atomic E-state index is 13.1. The fraction of sp³-hybridized carbons (Fsp3) is 0.619. The molecule has 11 nitrogen and oxygen atoms in total. The topological polar surface area (TPSA) is 136 Å². The molecule has 0 bridgehead atoms. The van der Waals surface area contributed by atoms with Crippen molar-refractivity contribution < 1.29 is 32.4 Å². The van der Waals surface area contributed by atoms with Gasteiger partial charge in [-0.05, 0) is 18.1 Å². The largest absolute Gasteiger partial charge is 0.486 e. The van der Waals surface area contributed by atoms with Gasteiger partial charge >= 0.3 is 0 Å². The van der Waals surface area contributed by atoms with Crippen molar-refractivity contribution in [2.75, 3.05) is 45.9 Å². The molecule has 1 aliphatic carbocycles. The van der Waals surface area contributed by atoms with Crippen LogP contribution >= 0.6 is 0 Å². The van der Waals surface area contributed by atoms with Crippen LogP contribution in [0.2, 0.25) is 0 Å². The Bertz CT molecular complexity index is 1050. The van der Waals surface area contributed by atoms with Crippen molar-refractivity contribution in [3.05, 3.63) is 28.3 Å². The molecule has 1 saturated carbocycles. The lowest BCUT2D eigenvalue weighted by molar-refractivity contribution is -0.490. The molecule has 0 aromatic heterocycles. The maximum Gasteiger partial charge on any atom is 0.243 e. The number of ether oxygens (including phenoxy) is 2. The molecule has 0 unspecified atom stereocenters. The first-order valence-corrected chi connectivity index (χ1v) is 12.4. The standard InChI is InChI=1S/C21H27N3O8S/c1-14-10-18(25)16(17(14)13-24(27)28)12-21(26)22-4-6-23(7-5-22)33(29,30)15-2-3-19-20(11-15)32-9-8-31-19/h2-3,11,14,16-17H,4-10,12-13H2,1H3/t14-,16+,17+/m1/s1. The first-order chi connectivity index (χ1) is 15.7. The third-order valence-corrected chi connectivity index (χ3v) is 8.58. The molecule has 1 amide bonds. The fourth-order valence-electron chi connectivity index (χ4n) is 4.83. The van der Waals surface area contributed by atoms with Crippen molar-refractivity contribution in [3.63, 3.8) is 0 Å². The monoisotopic (exact) mass is 481 g/mol. The molecule has 1 aromatic carbocycles. The van der Waals surface area contributed by atoms with Gasteiger partial charge in [-0.3, -0.25) is 19.7 Å². The Balaban J connectivity index is 1.37. The van der Waals surface area contributed by atoms with Crippen molar-refractivity contribution >= 4 is 21.7 Å². The van der Waals surface area contributed by atoms with E-state index in [1.54, 1.807) is 13.0 Å². The minimum absolute atomic E-state index is 0.0728. The van der Waals surface area contributed by atoms with Gasteiger partial charge in [0, 0.05) is 61.8 Å². The van der Waals surface area contributed by atoms with Gasteiger partial charge in [0.15, 0.2) is 11.5 Å². The number of carbonyl (C=O) groups is 2. The number of hydrogen-bond donors (Lipinski definition) is 0. The van der Waals surface area contributed by atoms with Crippen LogP contribution in [0.3, 0.4) is 0 Å². The number of nitrogens with zero attached hydrogens (tertiary/aromatic N) is 3. The fourth-order valence-corrected chi connectivity index (χ4v) is 6.27. The second kappa shape index (κ2) is 9.26. The summed E-state index contributed by atoms with van der Waals surface area (Å²) in [4.78, 5) is 37.4.